The number of aromatic nitrogens is 3. The molecular weight excluding hydrogens is 491 g/mol. The van der Waals surface area contributed by atoms with E-state index in [4.69, 9.17) is 15.2 Å². The Kier molecular flexibility index (Phi) is 7.47. The van der Waals surface area contributed by atoms with Crippen molar-refractivity contribution in [2.24, 2.45) is 5.73 Å². The quantitative estimate of drug-likeness (QED) is 0.423. The lowest BCUT2D eigenvalue weighted by molar-refractivity contribution is 0.0994. The summed E-state index contributed by atoms with van der Waals surface area (Å²) in [6.45, 7) is 6.05. The van der Waals surface area contributed by atoms with Gasteiger partial charge in [0.1, 0.15) is 34.9 Å². The molecule has 1 aliphatic rings. The fourth-order valence-electron chi connectivity index (χ4n) is 3.68. The fourth-order valence-corrected chi connectivity index (χ4v) is 3.68. The molecule has 0 saturated carbocycles. The highest BCUT2D eigenvalue weighted by atomic mass is 19.1. The molecule has 2 aromatic heterocycles. The van der Waals surface area contributed by atoms with E-state index in [1.807, 2.05) is 39.0 Å². The zero-order valence-electron chi connectivity index (χ0n) is 21.5. The number of benzene rings is 1. The lowest BCUT2D eigenvalue weighted by atomic mass is 9.92. The molecule has 0 bridgehead atoms. The number of carbonyl (C=O) groups is 2. The van der Waals surface area contributed by atoms with Crippen LogP contribution < -0.4 is 25.8 Å². The zero-order valence-corrected chi connectivity index (χ0v) is 21.5. The maximum absolute atomic E-state index is 14.9. The van der Waals surface area contributed by atoms with Gasteiger partial charge in [0.15, 0.2) is 0 Å². The van der Waals surface area contributed by atoms with Crippen molar-refractivity contribution in [3.63, 3.8) is 0 Å². The molecule has 2 heterocycles. The van der Waals surface area contributed by atoms with Gasteiger partial charge in [0.25, 0.3) is 5.91 Å². The number of anilines is 1. The number of nitrogens with two attached hydrogens (primary N) is 1. The van der Waals surface area contributed by atoms with Crippen LogP contribution in [-0.2, 0) is 5.41 Å². The van der Waals surface area contributed by atoms with Gasteiger partial charge in [-0.2, -0.15) is 5.10 Å². The number of methoxy groups -OCH3 is 1. The average Bonchev–Trinajstić information content (AvgIpc) is 3.30. The Morgan fingerprint density at radius 3 is 2.61 bits per heavy atom. The SMILES string of the molecule is COc1cccc(-n2nc(C(C)(C)C)cc2NC(=O)NC2=C(F)CC(Oc3ccnc(C(N)=O)c3)C=C2)c1. The summed E-state index contributed by atoms with van der Waals surface area (Å²) in [5.41, 5.74) is 6.46. The highest BCUT2D eigenvalue weighted by molar-refractivity contribution is 5.91. The monoisotopic (exact) mass is 520 g/mol. The van der Waals surface area contributed by atoms with E-state index < -0.39 is 23.9 Å². The van der Waals surface area contributed by atoms with Gasteiger partial charge in [0.05, 0.1) is 24.2 Å². The number of nitrogens with one attached hydrogen (secondary N) is 2. The van der Waals surface area contributed by atoms with Gasteiger partial charge < -0.3 is 20.5 Å². The number of ether oxygens (including phenoxy) is 2. The van der Waals surface area contributed by atoms with E-state index in [0.717, 1.165) is 5.69 Å². The van der Waals surface area contributed by atoms with Gasteiger partial charge in [0.2, 0.25) is 0 Å². The molecule has 38 heavy (non-hydrogen) atoms. The van der Waals surface area contributed by atoms with E-state index in [9.17, 15) is 14.0 Å². The zero-order chi connectivity index (χ0) is 27.4. The Morgan fingerprint density at radius 1 is 1.13 bits per heavy atom. The van der Waals surface area contributed by atoms with E-state index in [-0.39, 0.29) is 23.2 Å². The minimum absolute atomic E-state index is 0.0124. The van der Waals surface area contributed by atoms with Crippen LogP contribution in [0, 0.1) is 0 Å². The van der Waals surface area contributed by atoms with Crippen LogP contribution in [0.3, 0.4) is 0 Å². The van der Waals surface area contributed by atoms with Crippen molar-refractivity contribution in [2.45, 2.75) is 38.7 Å². The van der Waals surface area contributed by atoms with Crippen LogP contribution in [-0.4, -0.2) is 39.9 Å². The molecule has 0 spiro atoms. The van der Waals surface area contributed by atoms with Crippen LogP contribution >= 0.6 is 0 Å². The number of carbonyl (C=O) groups excluding carboxylic acids is 2. The molecule has 0 aliphatic heterocycles. The van der Waals surface area contributed by atoms with Crippen LogP contribution in [0.15, 0.2) is 72.3 Å². The molecule has 0 fully saturated rings. The first kappa shape index (κ1) is 26.4. The Morgan fingerprint density at radius 2 is 1.92 bits per heavy atom. The van der Waals surface area contributed by atoms with Gasteiger partial charge in [-0.25, -0.2) is 13.9 Å². The summed E-state index contributed by atoms with van der Waals surface area (Å²) in [6, 6.07) is 11.3. The topological polar surface area (TPSA) is 133 Å². The van der Waals surface area contributed by atoms with Crippen molar-refractivity contribution in [3.8, 4) is 17.2 Å². The number of amides is 3. The molecular formula is C27H29FN6O4. The van der Waals surface area contributed by atoms with E-state index >= 15 is 0 Å². The van der Waals surface area contributed by atoms with Crippen LogP contribution in [0.5, 0.6) is 11.5 Å². The molecule has 4 N–H and O–H groups in total. The third kappa shape index (κ3) is 6.17. The number of urea groups is 1. The molecule has 3 amide bonds. The van der Waals surface area contributed by atoms with E-state index in [1.165, 1.54) is 18.3 Å². The second-order valence-electron chi connectivity index (χ2n) is 9.64. The predicted octanol–water partition coefficient (Wildman–Crippen LogP) is 4.38. The van der Waals surface area contributed by atoms with Gasteiger partial charge >= 0.3 is 6.03 Å². The minimum atomic E-state index is -0.694. The lowest BCUT2D eigenvalue weighted by Crippen LogP contribution is -2.31. The molecule has 198 valence electrons. The van der Waals surface area contributed by atoms with Gasteiger partial charge in [0, 0.05) is 36.2 Å². The summed E-state index contributed by atoms with van der Waals surface area (Å²) in [6.07, 6.45) is 3.67. The maximum Gasteiger partial charge on any atom is 0.324 e. The van der Waals surface area contributed by atoms with E-state index in [0.29, 0.717) is 23.0 Å². The number of hydrogen-bond donors (Lipinski definition) is 3. The van der Waals surface area contributed by atoms with Gasteiger partial charge in [-0.15, -0.1) is 0 Å². The number of rotatable bonds is 7. The Bertz CT molecular complexity index is 1420. The number of hydrogen-bond acceptors (Lipinski definition) is 6. The highest BCUT2D eigenvalue weighted by Gasteiger charge is 2.23. The third-order valence-electron chi connectivity index (χ3n) is 5.69. The fraction of sp³-hybridized carbons (Fsp3) is 0.259. The maximum atomic E-state index is 14.9. The van der Waals surface area contributed by atoms with Crippen LogP contribution in [0.4, 0.5) is 15.0 Å². The molecule has 11 heteroatoms. The second kappa shape index (κ2) is 10.8. The summed E-state index contributed by atoms with van der Waals surface area (Å²) < 4.78 is 27.5. The van der Waals surface area contributed by atoms with Crippen LogP contribution in [0.25, 0.3) is 5.69 Å². The standard InChI is InChI=1S/C27H29FN6O4/c1-27(2,3)23-15-24(34(33-23)16-6-5-7-17(12-16)37-4)32-26(36)31-21-9-8-18(13-20(21)28)38-19-10-11-30-22(14-19)25(29)35/h5-12,14-15,18H,13H2,1-4H3,(H2,29,35)(H2,31,32,36). The molecule has 0 saturated heterocycles. The molecule has 10 nitrogen and oxygen atoms in total. The Balaban J connectivity index is 1.47. The van der Waals surface area contributed by atoms with Crippen molar-refractivity contribution in [1.82, 2.24) is 20.1 Å². The summed E-state index contributed by atoms with van der Waals surface area (Å²) >= 11 is 0. The van der Waals surface area contributed by atoms with Crippen molar-refractivity contribution in [2.75, 3.05) is 12.4 Å². The highest BCUT2D eigenvalue weighted by Crippen LogP contribution is 2.28. The van der Waals surface area contributed by atoms with E-state index in [2.05, 4.69) is 20.7 Å². The number of primary amides is 1. The molecule has 1 atom stereocenters. The number of allylic oxidation sites excluding steroid dienone is 1. The molecule has 3 aromatic rings. The second-order valence-corrected chi connectivity index (χ2v) is 9.64. The Hall–Kier alpha value is -4.67. The van der Waals surface area contributed by atoms with Crippen molar-refractivity contribution in [1.29, 1.82) is 0 Å². The van der Waals surface area contributed by atoms with Crippen molar-refractivity contribution in [3.05, 3.63) is 83.7 Å². The minimum Gasteiger partial charge on any atom is -0.497 e. The molecule has 1 aliphatic carbocycles. The molecule has 0 radical (unpaired) electrons. The van der Waals surface area contributed by atoms with Crippen molar-refractivity contribution >= 4 is 17.8 Å². The third-order valence-corrected chi connectivity index (χ3v) is 5.69. The van der Waals surface area contributed by atoms with Crippen LogP contribution in [0.2, 0.25) is 0 Å². The summed E-state index contributed by atoms with van der Waals surface area (Å²) in [5, 5.41) is 10.00. The molecule has 4 rings (SSSR count). The lowest BCUT2D eigenvalue weighted by Gasteiger charge is -2.20. The first-order chi connectivity index (χ1) is 18.0. The normalized spacial score (nSPS) is 15.2. The number of nitrogens with zero attached hydrogens (tertiary/aromatic N) is 3. The largest absolute Gasteiger partial charge is 0.497 e. The smallest absolute Gasteiger partial charge is 0.324 e. The Labute approximate surface area is 219 Å². The van der Waals surface area contributed by atoms with Gasteiger partial charge in [-0.1, -0.05) is 26.8 Å². The average molecular weight is 521 g/mol. The molecule has 1 aromatic carbocycles. The van der Waals surface area contributed by atoms with Crippen molar-refractivity contribution < 1.29 is 23.5 Å². The van der Waals surface area contributed by atoms with Gasteiger partial charge in [-0.05, 0) is 30.4 Å². The molecule has 1 unspecified atom stereocenters. The first-order valence-corrected chi connectivity index (χ1v) is 11.9. The number of halogens is 1. The summed E-state index contributed by atoms with van der Waals surface area (Å²) in [5.74, 6) is 0.116. The predicted molar refractivity (Wildman–Crippen MR) is 140 cm³/mol. The van der Waals surface area contributed by atoms with E-state index in [1.54, 1.807) is 36.1 Å². The number of pyridine rings is 1. The van der Waals surface area contributed by atoms with Crippen LogP contribution in [0.1, 0.15) is 43.4 Å². The summed E-state index contributed by atoms with van der Waals surface area (Å²) in [4.78, 5) is 28.0. The summed E-state index contributed by atoms with van der Waals surface area (Å²) in [7, 11) is 1.57. The first-order valence-electron chi connectivity index (χ1n) is 11.9. The van der Waals surface area contributed by atoms with Gasteiger partial charge in [-0.3, -0.25) is 15.1 Å².